The number of aromatic nitrogens is 3. The number of hydrogen-bond acceptors (Lipinski definition) is 6. The summed E-state index contributed by atoms with van der Waals surface area (Å²) in [6.07, 6.45) is 1.26. The Bertz CT molecular complexity index is 763. The van der Waals surface area contributed by atoms with Crippen molar-refractivity contribution in [2.45, 2.75) is 25.3 Å². The summed E-state index contributed by atoms with van der Waals surface area (Å²) in [5, 5.41) is 15.4. The molecule has 0 aliphatic rings. The van der Waals surface area contributed by atoms with Crippen LogP contribution in [0.4, 0.5) is 0 Å². The maximum atomic E-state index is 12.6. The fourth-order valence-corrected chi connectivity index (χ4v) is 3.48. The van der Waals surface area contributed by atoms with Crippen molar-refractivity contribution in [1.82, 2.24) is 19.5 Å². The average molecular weight is 314 g/mol. The Morgan fingerprint density at radius 2 is 2.10 bits per heavy atom. The van der Waals surface area contributed by atoms with Gasteiger partial charge in [-0.15, -0.1) is 0 Å². The van der Waals surface area contributed by atoms with Crippen molar-refractivity contribution in [3.05, 3.63) is 29.2 Å². The maximum Gasteiger partial charge on any atom is 0.340 e. The molecule has 2 heterocycles. The molecule has 114 valence electrons. The third-order valence-electron chi connectivity index (χ3n) is 2.92. The van der Waals surface area contributed by atoms with E-state index in [2.05, 4.69) is 15.2 Å². The van der Waals surface area contributed by atoms with Crippen LogP contribution in [0.3, 0.4) is 0 Å². The number of aryl methyl sites for hydroxylation is 2. The molecule has 0 unspecified atom stereocenters. The van der Waals surface area contributed by atoms with Crippen molar-refractivity contribution < 1.29 is 22.7 Å². The molecule has 0 aliphatic carbocycles. The summed E-state index contributed by atoms with van der Waals surface area (Å²) in [6, 6.07) is 0. The number of carbonyl (C=O) groups is 1. The molecule has 0 spiro atoms. The summed E-state index contributed by atoms with van der Waals surface area (Å²) < 4.78 is 31.3. The van der Waals surface area contributed by atoms with Gasteiger partial charge in [-0.05, 0) is 13.8 Å². The molecule has 0 fully saturated rings. The first-order valence-electron chi connectivity index (χ1n) is 5.89. The zero-order valence-electron chi connectivity index (χ0n) is 11.6. The SMILES string of the molecule is Cc1oc(C)c(S(=O)(=O)N(C)Cc2ncn[nH]2)c1C(=O)O. The predicted octanol–water partition coefficient (Wildman–Crippen LogP) is 0.533. The molecular formula is C11H14N4O5S. The van der Waals surface area contributed by atoms with Gasteiger partial charge in [0.15, 0.2) is 0 Å². The number of nitrogens with one attached hydrogen (secondary N) is 1. The summed E-state index contributed by atoms with van der Waals surface area (Å²) in [5.74, 6) is -0.923. The second-order valence-corrected chi connectivity index (χ2v) is 6.40. The quantitative estimate of drug-likeness (QED) is 0.823. The van der Waals surface area contributed by atoms with Gasteiger partial charge in [0.05, 0.1) is 6.54 Å². The molecule has 0 bridgehead atoms. The molecular weight excluding hydrogens is 300 g/mol. The highest BCUT2D eigenvalue weighted by molar-refractivity contribution is 7.89. The number of aromatic carboxylic acids is 1. The number of nitrogens with zero attached hydrogens (tertiary/aromatic N) is 3. The lowest BCUT2D eigenvalue weighted by Crippen LogP contribution is -2.28. The lowest BCUT2D eigenvalue weighted by molar-refractivity contribution is 0.0691. The lowest BCUT2D eigenvalue weighted by Gasteiger charge is -2.15. The van der Waals surface area contributed by atoms with Gasteiger partial charge in [0.2, 0.25) is 10.0 Å². The molecule has 9 nitrogen and oxygen atoms in total. The first kappa shape index (κ1) is 15.2. The molecule has 0 atom stereocenters. The lowest BCUT2D eigenvalue weighted by atomic mass is 10.2. The summed E-state index contributed by atoms with van der Waals surface area (Å²) in [4.78, 5) is 14.8. The number of furan rings is 1. The summed E-state index contributed by atoms with van der Waals surface area (Å²) in [5.41, 5.74) is -0.350. The van der Waals surface area contributed by atoms with Gasteiger partial charge in [0, 0.05) is 7.05 Å². The molecule has 2 aromatic rings. The molecule has 0 amide bonds. The number of carboxylic acid groups (broad SMARTS) is 1. The molecule has 10 heteroatoms. The first-order valence-corrected chi connectivity index (χ1v) is 7.33. The normalized spacial score (nSPS) is 12.0. The molecule has 0 aliphatic heterocycles. The second kappa shape index (κ2) is 5.30. The minimum Gasteiger partial charge on any atom is -0.478 e. The van der Waals surface area contributed by atoms with Crippen LogP contribution in [0.15, 0.2) is 15.6 Å². The fraction of sp³-hybridized carbons (Fsp3) is 0.364. The smallest absolute Gasteiger partial charge is 0.340 e. The molecule has 2 N–H and O–H groups in total. The van der Waals surface area contributed by atoms with Crippen LogP contribution in [0.25, 0.3) is 0 Å². The third kappa shape index (κ3) is 2.67. The van der Waals surface area contributed by atoms with Crippen molar-refractivity contribution in [1.29, 1.82) is 0 Å². The van der Waals surface area contributed by atoms with Gasteiger partial charge in [-0.2, -0.15) is 9.40 Å². The number of hydrogen-bond donors (Lipinski definition) is 2. The van der Waals surface area contributed by atoms with Gasteiger partial charge < -0.3 is 9.52 Å². The van der Waals surface area contributed by atoms with Gasteiger partial charge in [-0.3, -0.25) is 5.10 Å². The van der Waals surface area contributed by atoms with Crippen LogP contribution in [0, 0.1) is 13.8 Å². The fourth-order valence-electron chi connectivity index (χ4n) is 1.98. The number of H-pyrrole nitrogens is 1. The van der Waals surface area contributed by atoms with E-state index in [4.69, 9.17) is 4.42 Å². The van der Waals surface area contributed by atoms with Crippen LogP contribution < -0.4 is 0 Å². The van der Waals surface area contributed by atoms with E-state index in [-0.39, 0.29) is 28.5 Å². The zero-order valence-corrected chi connectivity index (χ0v) is 12.4. The Morgan fingerprint density at radius 3 is 2.62 bits per heavy atom. The maximum absolute atomic E-state index is 12.6. The Kier molecular flexibility index (Phi) is 3.83. The minimum absolute atomic E-state index is 0.0364. The van der Waals surface area contributed by atoms with E-state index < -0.39 is 16.0 Å². The van der Waals surface area contributed by atoms with Crippen LogP contribution in [-0.4, -0.2) is 46.0 Å². The summed E-state index contributed by atoms with van der Waals surface area (Å²) >= 11 is 0. The van der Waals surface area contributed by atoms with Crippen molar-refractivity contribution in [2.75, 3.05) is 7.05 Å². The van der Waals surface area contributed by atoms with E-state index >= 15 is 0 Å². The zero-order chi connectivity index (χ0) is 15.8. The van der Waals surface area contributed by atoms with E-state index in [1.54, 1.807) is 0 Å². The highest BCUT2D eigenvalue weighted by atomic mass is 32.2. The van der Waals surface area contributed by atoms with E-state index in [1.807, 2.05) is 0 Å². The van der Waals surface area contributed by atoms with Crippen LogP contribution in [0.5, 0.6) is 0 Å². The highest BCUT2D eigenvalue weighted by Gasteiger charge is 2.33. The highest BCUT2D eigenvalue weighted by Crippen LogP contribution is 2.29. The van der Waals surface area contributed by atoms with E-state index in [9.17, 15) is 18.3 Å². The van der Waals surface area contributed by atoms with E-state index in [1.165, 1.54) is 27.2 Å². The van der Waals surface area contributed by atoms with Crippen molar-refractivity contribution >= 4 is 16.0 Å². The van der Waals surface area contributed by atoms with Gasteiger partial charge in [-0.25, -0.2) is 18.2 Å². The summed E-state index contributed by atoms with van der Waals surface area (Å²) in [7, 11) is -2.70. The molecule has 0 radical (unpaired) electrons. The molecule has 0 saturated heterocycles. The third-order valence-corrected chi connectivity index (χ3v) is 4.88. The molecule has 0 aromatic carbocycles. The standard InChI is InChI=1S/C11H14N4O5S/c1-6-9(11(16)17)10(7(2)20-6)21(18,19)15(3)4-8-12-5-13-14-8/h5H,4H2,1-3H3,(H,16,17)(H,12,13,14). The van der Waals surface area contributed by atoms with Crippen LogP contribution >= 0.6 is 0 Å². The van der Waals surface area contributed by atoms with Crippen molar-refractivity contribution in [2.24, 2.45) is 0 Å². The topological polar surface area (TPSA) is 129 Å². The Balaban J connectivity index is 2.47. The number of rotatable bonds is 5. The molecule has 21 heavy (non-hydrogen) atoms. The Hall–Kier alpha value is -2.20. The largest absolute Gasteiger partial charge is 0.478 e. The van der Waals surface area contributed by atoms with Gasteiger partial charge in [0.25, 0.3) is 0 Å². The molecule has 2 rings (SSSR count). The van der Waals surface area contributed by atoms with Gasteiger partial charge >= 0.3 is 5.97 Å². The molecule has 2 aromatic heterocycles. The number of aromatic amines is 1. The van der Waals surface area contributed by atoms with Crippen LogP contribution in [0.2, 0.25) is 0 Å². The Labute approximate surface area is 120 Å². The van der Waals surface area contributed by atoms with E-state index in [0.29, 0.717) is 5.82 Å². The number of sulfonamides is 1. The summed E-state index contributed by atoms with van der Waals surface area (Å²) in [6.45, 7) is 2.76. The monoisotopic (exact) mass is 314 g/mol. The van der Waals surface area contributed by atoms with E-state index in [0.717, 1.165) is 4.31 Å². The van der Waals surface area contributed by atoms with Crippen molar-refractivity contribution in [3.8, 4) is 0 Å². The van der Waals surface area contributed by atoms with Gasteiger partial charge in [-0.1, -0.05) is 0 Å². The van der Waals surface area contributed by atoms with Gasteiger partial charge in [0.1, 0.15) is 34.1 Å². The second-order valence-electron chi connectivity index (χ2n) is 4.42. The first-order chi connectivity index (χ1) is 9.75. The van der Waals surface area contributed by atoms with Crippen LogP contribution in [-0.2, 0) is 16.6 Å². The molecule has 0 saturated carbocycles. The average Bonchev–Trinajstić information content (AvgIpc) is 2.96. The minimum atomic E-state index is -4.03. The van der Waals surface area contributed by atoms with Crippen molar-refractivity contribution in [3.63, 3.8) is 0 Å². The van der Waals surface area contributed by atoms with Crippen LogP contribution in [0.1, 0.15) is 27.7 Å². The Morgan fingerprint density at radius 1 is 1.43 bits per heavy atom. The predicted molar refractivity (Wildman–Crippen MR) is 70.2 cm³/mol. The number of carboxylic acids is 1.